The summed E-state index contributed by atoms with van der Waals surface area (Å²) < 4.78 is 0. The van der Waals surface area contributed by atoms with Crippen LogP contribution in [0.2, 0.25) is 5.02 Å². The summed E-state index contributed by atoms with van der Waals surface area (Å²) in [6, 6.07) is 13.5. The molecule has 0 unspecified atom stereocenters. The molecule has 0 radical (unpaired) electrons. The summed E-state index contributed by atoms with van der Waals surface area (Å²) in [6.45, 7) is 5.77. The summed E-state index contributed by atoms with van der Waals surface area (Å²) in [4.78, 5) is 27.6. The van der Waals surface area contributed by atoms with Crippen molar-refractivity contribution in [3.8, 4) is 0 Å². The van der Waals surface area contributed by atoms with Gasteiger partial charge >= 0.3 is 0 Å². The molecule has 6 nitrogen and oxygen atoms in total. The Morgan fingerprint density at radius 1 is 1.14 bits per heavy atom. The van der Waals surface area contributed by atoms with Crippen LogP contribution in [-0.4, -0.2) is 58.2 Å². The van der Waals surface area contributed by atoms with Crippen molar-refractivity contribution in [2.75, 3.05) is 26.2 Å². The fraction of sp³-hybridized carbons (Fsp3) is 0.409. The minimum Gasteiger partial charge on any atom is -0.379 e. The number of carbonyl (C=O) groups excluding carboxylic acids is 1. The maximum absolute atomic E-state index is 13.3. The smallest absolute Gasteiger partial charge is 0.269 e. The van der Waals surface area contributed by atoms with Crippen LogP contribution < -0.4 is 0 Å². The Morgan fingerprint density at radius 2 is 1.97 bits per heavy atom. The molecule has 7 heteroatoms. The van der Waals surface area contributed by atoms with E-state index in [4.69, 9.17) is 16.4 Å². The van der Waals surface area contributed by atoms with Crippen LogP contribution in [0.25, 0.3) is 0 Å². The van der Waals surface area contributed by atoms with Crippen molar-refractivity contribution in [1.29, 1.82) is 0 Å². The van der Waals surface area contributed by atoms with Gasteiger partial charge in [0.05, 0.1) is 11.4 Å². The van der Waals surface area contributed by atoms with Gasteiger partial charge in [-0.15, -0.1) is 0 Å². The van der Waals surface area contributed by atoms with Gasteiger partial charge in [0, 0.05) is 55.9 Å². The van der Waals surface area contributed by atoms with Gasteiger partial charge in [0.1, 0.15) is 0 Å². The first-order valence-corrected chi connectivity index (χ1v) is 10.3. The summed E-state index contributed by atoms with van der Waals surface area (Å²) in [5.74, 6) is -0.0111. The Bertz CT molecular complexity index is 905. The fourth-order valence-corrected chi connectivity index (χ4v) is 4.13. The highest BCUT2D eigenvalue weighted by Crippen LogP contribution is 2.31. The Hall–Kier alpha value is -2.44. The Morgan fingerprint density at radius 3 is 2.76 bits per heavy atom. The number of benzene rings is 1. The number of carbonyl (C=O) groups is 1. The van der Waals surface area contributed by atoms with Crippen LogP contribution in [0.5, 0.6) is 0 Å². The van der Waals surface area contributed by atoms with E-state index in [1.807, 2.05) is 60.5 Å². The summed E-state index contributed by atoms with van der Waals surface area (Å²) in [7, 11) is 0. The molecular weight excluding hydrogens is 388 g/mol. The van der Waals surface area contributed by atoms with Crippen molar-refractivity contribution in [3.05, 3.63) is 64.9 Å². The first kappa shape index (κ1) is 19.9. The largest absolute Gasteiger partial charge is 0.379 e. The minimum atomic E-state index is -0.981. The van der Waals surface area contributed by atoms with Crippen LogP contribution in [-0.2, 0) is 16.2 Å². The lowest BCUT2D eigenvalue weighted by Gasteiger charge is -2.29. The van der Waals surface area contributed by atoms with E-state index in [0.717, 1.165) is 49.6 Å². The van der Waals surface area contributed by atoms with Crippen molar-refractivity contribution in [3.63, 3.8) is 0 Å². The lowest BCUT2D eigenvalue weighted by molar-refractivity contribution is -0.153. The number of hydrogen-bond acceptors (Lipinski definition) is 5. The number of halogens is 1. The molecule has 2 aliphatic heterocycles. The number of aromatic nitrogens is 1. The van der Waals surface area contributed by atoms with Crippen molar-refractivity contribution in [2.24, 2.45) is 5.16 Å². The lowest BCUT2D eigenvalue weighted by atomic mass is 9.94. The van der Waals surface area contributed by atoms with Gasteiger partial charge in [0.2, 0.25) is 5.60 Å². The van der Waals surface area contributed by atoms with E-state index in [1.165, 1.54) is 0 Å². The molecule has 0 spiro atoms. The average Bonchev–Trinajstić information content (AvgIpc) is 2.99. The van der Waals surface area contributed by atoms with Crippen molar-refractivity contribution in [1.82, 2.24) is 14.8 Å². The van der Waals surface area contributed by atoms with Crippen LogP contribution in [0.1, 0.15) is 31.0 Å². The van der Waals surface area contributed by atoms with Gasteiger partial charge < -0.3 is 9.74 Å². The SMILES string of the molecule is C[C@@]1(C(=O)N2CCCN(Cc3ccccn3)CC2)CC(c2ccccc2Cl)=NO1. The molecule has 1 aromatic carbocycles. The molecule has 0 N–H and O–H groups in total. The zero-order chi connectivity index (χ0) is 20.3. The molecule has 0 saturated carbocycles. The monoisotopic (exact) mass is 412 g/mol. The van der Waals surface area contributed by atoms with Crippen molar-refractivity contribution < 1.29 is 9.63 Å². The molecule has 1 fully saturated rings. The maximum Gasteiger partial charge on any atom is 0.269 e. The number of rotatable bonds is 4. The molecule has 2 aromatic rings. The van der Waals surface area contributed by atoms with Crippen LogP contribution in [0.15, 0.2) is 53.8 Å². The number of amides is 1. The van der Waals surface area contributed by atoms with E-state index < -0.39 is 5.60 Å². The predicted octanol–water partition coefficient (Wildman–Crippen LogP) is 3.35. The molecule has 4 rings (SSSR count). The first-order valence-electron chi connectivity index (χ1n) is 9.97. The molecule has 29 heavy (non-hydrogen) atoms. The Kier molecular flexibility index (Phi) is 5.83. The lowest BCUT2D eigenvalue weighted by Crippen LogP contribution is -2.48. The van der Waals surface area contributed by atoms with Crippen LogP contribution in [0.3, 0.4) is 0 Å². The van der Waals surface area contributed by atoms with Gasteiger partial charge in [-0.3, -0.25) is 14.7 Å². The molecule has 0 aliphatic carbocycles. The van der Waals surface area contributed by atoms with Gasteiger partial charge in [-0.2, -0.15) is 0 Å². The second-order valence-corrected chi connectivity index (χ2v) is 8.17. The second-order valence-electron chi connectivity index (χ2n) is 7.76. The third-order valence-corrected chi connectivity index (χ3v) is 5.82. The fourth-order valence-electron chi connectivity index (χ4n) is 3.88. The van der Waals surface area contributed by atoms with E-state index in [9.17, 15) is 4.79 Å². The molecule has 152 valence electrons. The highest BCUT2D eigenvalue weighted by Gasteiger charge is 2.45. The van der Waals surface area contributed by atoms with Gasteiger partial charge in [-0.1, -0.05) is 41.0 Å². The highest BCUT2D eigenvalue weighted by molar-refractivity contribution is 6.34. The molecule has 1 amide bonds. The summed E-state index contributed by atoms with van der Waals surface area (Å²) in [5.41, 5.74) is 1.61. The van der Waals surface area contributed by atoms with Gasteiger partial charge in [-0.05, 0) is 31.5 Å². The van der Waals surface area contributed by atoms with E-state index in [1.54, 1.807) is 0 Å². The summed E-state index contributed by atoms with van der Waals surface area (Å²) >= 11 is 6.29. The number of pyridine rings is 1. The van der Waals surface area contributed by atoms with Gasteiger partial charge in [-0.25, -0.2) is 0 Å². The standard InChI is InChI=1S/C22H25ClN4O2/c1-22(15-20(25-29-22)18-8-2-3-9-19(18)23)21(28)27-12-6-11-26(13-14-27)16-17-7-4-5-10-24-17/h2-5,7-10H,6,11-16H2,1H3/t22-/m0/s1. The Labute approximate surface area is 176 Å². The third-order valence-electron chi connectivity index (χ3n) is 5.49. The molecular formula is C22H25ClN4O2. The zero-order valence-corrected chi connectivity index (χ0v) is 17.3. The molecule has 1 saturated heterocycles. The molecule has 1 atom stereocenters. The van der Waals surface area contributed by atoms with Crippen LogP contribution in [0.4, 0.5) is 0 Å². The van der Waals surface area contributed by atoms with Crippen LogP contribution >= 0.6 is 11.6 Å². The molecule has 3 heterocycles. The van der Waals surface area contributed by atoms with E-state index in [2.05, 4.69) is 15.0 Å². The quantitative estimate of drug-likeness (QED) is 0.772. The zero-order valence-electron chi connectivity index (χ0n) is 16.6. The minimum absolute atomic E-state index is 0.0111. The summed E-state index contributed by atoms with van der Waals surface area (Å²) in [6.07, 6.45) is 3.16. The molecule has 1 aromatic heterocycles. The van der Waals surface area contributed by atoms with Gasteiger partial charge in [0.15, 0.2) is 0 Å². The van der Waals surface area contributed by atoms with Crippen molar-refractivity contribution >= 4 is 23.2 Å². The van der Waals surface area contributed by atoms with Crippen molar-refractivity contribution in [2.45, 2.75) is 31.9 Å². The highest BCUT2D eigenvalue weighted by atomic mass is 35.5. The number of hydrogen-bond donors (Lipinski definition) is 0. The molecule has 2 aliphatic rings. The van der Waals surface area contributed by atoms with E-state index in [-0.39, 0.29) is 5.91 Å². The average molecular weight is 413 g/mol. The second kappa shape index (κ2) is 8.51. The van der Waals surface area contributed by atoms with Gasteiger partial charge in [0.25, 0.3) is 5.91 Å². The molecule has 0 bridgehead atoms. The maximum atomic E-state index is 13.3. The summed E-state index contributed by atoms with van der Waals surface area (Å²) in [5, 5.41) is 4.81. The topological polar surface area (TPSA) is 58.0 Å². The number of oxime groups is 1. The third kappa shape index (κ3) is 4.43. The normalized spacial score (nSPS) is 22.7. The predicted molar refractivity (Wildman–Crippen MR) is 113 cm³/mol. The first-order chi connectivity index (χ1) is 14.0. The van der Waals surface area contributed by atoms with E-state index >= 15 is 0 Å². The number of nitrogens with zero attached hydrogens (tertiary/aromatic N) is 4. The van der Waals surface area contributed by atoms with Crippen LogP contribution in [0, 0.1) is 0 Å². The van der Waals surface area contributed by atoms with E-state index in [0.29, 0.717) is 18.0 Å². The Balaban J connectivity index is 1.38.